The van der Waals surface area contributed by atoms with E-state index in [1.54, 1.807) is 0 Å². The van der Waals surface area contributed by atoms with Crippen LogP contribution in [0.3, 0.4) is 0 Å². The van der Waals surface area contributed by atoms with Crippen molar-refractivity contribution in [2.75, 3.05) is 0 Å². The summed E-state index contributed by atoms with van der Waals surface area (Å²) in [6.45, 7) is 7.86. The first-order valence-corrected chi connectivity index (χ1v) is 7.67. The fourth-order valence-corrected chi connectivity index (χ4v) is 2.46. The summed E-state index contributed by atoms with van der Waals surface area (Å²) in [6, 6.07) is 0. The topological polar surface area (TPSA) is 30.2 Å². The Hall–Kier alpha value is -1.05. The van der Waals surface area contributed by atoms with E-state index in [1.807, 2.05) is 20.8 Å². The Balaban J connectivity index is 2.42. The highest BCUT2D eigenvalue weighted by Gasteiger charge is 2.10. The van der Waals surface area contributed by atoms with Gasteiger partial charge in [-0.25, -0.2) is 0 Å². The van der Waals surface area contributed by atoms with Gasteiger partial charge in [-0.1, -0.05) is 45.4 Å². The Bertz CT molecular complexity index is 443. The molecule has 0 atom stereocenters. The molecular formula is C17H28O2. The van der Waals surface area contributed by atoms with Gasteiger partial charge < -0.3 is 4.42 Å². The van der Waals surface area contributed by atoms with Gasteiger partial charge in [0.1, 0.15) is 11.5 Å². The summed E-state index contributed by atoms with van der Waals surface area (Å²) in [6.07, 6.45) is 9.78. The monoisotopic (exact) mass is 264 g/mol. The highest BCUT2D eigenvalue weighted by Crippen LogP contribution is 2.14. The zero-order chi connectivity index (χ0) is 14.3. The van der Waals surface area contributed by atoms with Gasteiger partial charge in [0.25, 0.3) is 0 Å². The summed E-state index contributed by atoms with van der Waals surface area (Å²) in [5.74, 6) is 1.56. The summed E-state index contributed by atoms with van der Waals surface area (Å²) in [4.78, 5) is 12.2. The number of hydrogen-bond donors (Lipinski definition) is 0. The summed E-state index contributed by atoms with van der Waals surface area (Å²) >= 11 is 0. The van der Waals surface area contributed by atoms with Crippen LogP contribution in [0.4, 0.5) is 0 Å². The van der Waals surface area contributed by atoms with E-state index in [1.165, 1.54) is 38.5 Å². The maximum Gasteiger partial charge on any atom is 0.191 e. The van der Waals surface area contributed by atoms with Gasteiger partial charge in [-0.3, -0.25) is 4.79 Å². The molecule has 108 valence electrons. The SMILES string of the molecule is CCCCCCCCCc1c(C)oc(C)c(C)c1=O. The lowest BCUT2D eigenvalue weighted by atomic mass is 10.0. The maximum absolute atomic E-state index is 12.2. The molecule has 0 fully saturated rings. The zero-order valence-corrected chi connectivity index (χ0v) is 13.0. The lowest BCUT2D eigenvalue weighted by Crippen LogP contribution is -2.15. The van der Waals surface area contributed by atoms with Crippen LogP contribution in [0, 0.1) is 20.8 Å². The van der Waals surface area contributed by atoms with Crippen LogP contribution in [0.15, 0.2) is 9.21 Å². The van der Waals surface area contributed by atoms with E-state index >= 15 is 0 Å². The Morgan fingerprint density at radius 1 is 0.842 bits per heavy atom. The number of hydrogen-bond acceptors (Lipinski definition) is 2. The molecule has 0 aliphatic heterocycles. The van der Waals surface area contributed by atoms with Crippen LogP contribution in [0.5, 0.6) is 0 Å². The second-order valence-electron chi connectivity index (χ2n) is 5.52. The molecule has 1 aromatic heterocycles. The normalized spacial score (nSPS) is 10.9. The van der Waals surface area contributed by atoms with Gasteiger partial charge >= 0.3 is 0 Å². The molecule has 0 radical (unpaired) electrons. The third-order valence-corrected chi connectivity index (χ3v) is 3.90. The fourth-order valence-electron chi connectivity index (χ4n) is 2.46. The van der Waals surface area contributed by atoms with Crippen LogP contribution in [-0.2, 0) is 6.42 Å². The van der Waals surface area contributed by atoms with Crippen LogP contribution in [0.1, 0.15) is 74.5 Å². The van der Waals surface area contributed by atoms with E-state index in [9.17, 15) is 4.79 Å². The second kappa shape index (κ2) is 8.19. The minimum atomic E-state index is 0.187. The van der Waals surface area contributed by atoms with Crippen molar-refractivity contribution in [3.63, 3.8) is 0 Å². The van der Waals surface area contributed by atoms with Crippen molar-refractivity contribution in [1.82, 2.24) is 0 Å². The fraction of sp³-hybridized carbons (Fsp3) is 0.706. The highest BCUT2D eigenvalue weighted by molar-refractivity contribution is 5.25. The molecule has 2 nitrogen and oxygen atoms in total. The second-order valence-corrected chi connectivity index (χ2v) is 5.52. The van der Waals surface area contributed by atoms with Gasteiger partial charge in [0.05, 0.1) is 0 Å². The molecule has 0 amide bonds. The van der Waals surface area contributed by atoms with Crippen LogP contribution >= 0.6 is 0 Å². The van der Waals surface area contributed by atoms with Crippen LogP contribution in [-0.4, -0.2) is 0 Å². The van der Waals surface area contributed by atoms with E-state index < -0.39 is 0 Å². The van der Waals surface area contributed by atoms with Crippen LogP contribution < -0.4 is 5.43 Å². The van der Waals surface area contributed by atoms with Crippen molar-refractivity contribution in [3.05, 3.63) is 32.9 Å². The van der Waals surface area contributed by atoms with E-state index in [4.69, 9.17) is 4.42 Å². The lowest BCUT2D eigenvalue weighted by Gasteiger charge is -2.08. The largest absolute Gasteiger partial charge is 0.466 e. The van der Waals surface area contributed by atoms with Gasteiger partial charge in [-0.05, 0) is 33.6 Å². The Kier molecular flexibility index (Phi) is 6.90. The summed E-state index contributed by atoms with van der Waals surface area (Å²) < 4.78 is 5.63. The molecule has 2 heteroatoms. The van der Waals surface area contributed by atoms with Crippen LogP contribution in [0.25, 0.3) is 0 Å². The van der Waals surface area contributed by atoms with Gasteiger partial charge in [0.15, 0.2) is 5.43 Å². The molecule has 0 aliphatic rings. The van der Waals surface area contributed by atoms with Gasteiger partial charge in [0.2, 0.25) is 0 Å². The first-order chi connectivity index (χ1) is 9.07. The molecule has 0 saturated heterocycles. The highest BCUT2D eigenvalue weighted by atomic mass is 16.3. The van der Waals surface area contributed by atoms with Gasteiger partial charge in [-0.15, -0.1) is 0 Å². The molecule has 0 saturated carbocycles. The minimum absolute atomic E-state index is 0.187. The Morgan fingerprint density at radius 3 is 2.05 bits per heavy atom. The molecule has 0 spiro atoms. The summed E-state index contributed by atoms with van der Waals surface area (Å²) in [5, 5.41) is 0. The minimum Gasteiger partial charge on any atom is -0.466 e. The number of unbranched alkanes of at least 4 members (excludes halogenated alkanes) is 6. The quantitative estimate of drug-likeness (QED) is 0.628. The van der Waals surface area contributed by atoms with Crippen molar-refractivity contribution in [1.29, 1.82) is 0 Å². The molecule has 1 heterocycles. The number of rotatable bonds is 8. The van der Waals surface area contributed by atoms with Crippen molar-refractivity contribution >= 4 is 0 Å². The molecule has 0 unspecified atom stereocenters. The van der Waals surface area contributed by atoms with Gasteiger partial charge in [0, 0.05) is 11.1 Å². The molecule has 0 aliphatic carbocycles. The van der Waals surface area contributed by atoms with E-state index in [0.29, 0.717) is 0 Å². The van der Waals surface area contributed by atoms with Crippen LogP contribution in [0.2, 0.25) is 0 Å². The van der Waals surface area contributed by atoms with Crippen molar-refractivity contribution in [2.24, 2.45) is 0 Å². The first kappa shape index (κ1) is 16.0. The third-order valence-electron chi connectivity index (χ3n) is 3.90. The molecule has 19 heavy (non-hydrogen) atoms. The average molecular weight is 264 g/mol. The van der Waals surface area contributed by atoms with Crippen molar-refractivity contribution < 1.29 is 4.42 Å². The molecule has 0 bridgehead atoms. The lowest BCUT2D eigenvalue weighted by molar-refractivity contribution is 0.468. The standard InChI is InChI=1S/C17H28O2/c1-5-6-7-8-9-10-11-12-16-15(4)19-14(3)13(2)17(16)18/h5-12H2,1-4H3. The molecular weight excluding hydrogens is 236 g/mol. The molecule has 0 aromatic carbocycles. The maximum atomic E-state index is 12.2. The molecule has 1 aromatic rings. The summed E-state index contributed by atoms with van der Waals surface area (Å²) in [7, 11) is 0. The molecule has 0 N–H and O–H groups in total. The Labute approximate surface area is 117 Å². The Morgan fingerprint density at radius 2 is 1.42 bits per heavy atom. The van der Waals surface area contributed by atoms with Crippen molar-refractivity contribution in [3.8, 4) is 0 Å². The first-order valence-electron chi connectivity index (χ1n) is 7.67. The molecule has 1 rings (SSSR count). The predicted octanol–water partition coefficient (Wildman–Crippen LogP) is 4.86. The van der Waals surface area contributed by atoms with Gasteiger partial charge in [-0.2, -0.15) is 0 Å². The van der Waals surface area contributed by atoms with Crippen molar-refractivity contribution in [2.45, 2.75) is 79.1 Å². The predicted molar refractivity (Wildman–Crippen MR) is 80.9 cm³/mol. The average Bonchev–Trinajstić information content (AvgIpc) is 2.38. The van der Waals surface area contributed by atoms with E-state index in [0.717, 1.165) is 35.5 Å². The smallest absolute Gasteiger partial charge is 0.191 e. The summed E-state index contributed by atoms with van der Waals surface area (Å²) in [5.41, 5.74) is 1.84. The van der Waals surface area contributed by atoms with E-state index in [-0.39, 0.29) is 5.43 Å². The third kappa shape index (κ3) is 4.85. The number of aryl methyl sites for hydroxylation is 2. The van der Waals surface area contributed by atoms with E-state index in [2.05, 4.69) is 6.92 Å². The zero-order valence-electron chi connectivity index (χ0n) is 13.0.